The number of hydrogen-bond acceptors (Lipinski definition) is 6. The number of aromatic nitrogens is 3. The standard InChI is InChI=1S/C23H20N4OS2/c1-27(14-17-12-13-29-15-17)20(28)16-30-23-24-21(18-8-4-2-5-9-18)22(25-26-23)19-10-6-3-7-11-19/h2-13,15H,14,16H2,1H3. The first-order chi connectivity index (χ1) is 14.7. The first-order valence-corrected chi connectivity index (χ1v) is 11.4. The van der Waals surface area contributed by atoms with Gasteiger partial charge in [-0.1, -0.05) is 72.4 Å². The van der Waals surface area contributed by atoms with Crippen LogP contribution in [0.15, 0.2) is 82.6 Å². The molecule has 0 bridgehead atoms. The predicted octanol–water partition coefficient (Wildman–Crippen LogP) is 5.02. The highest BCUT2D eigenvalue weighted by Crippen LogP contribution is 2.29. The molecule has 30 heavy (non-hydrogen) atoms. The van der Waals surface area contributed by atoms with Gasteiger partial charge in [0.15, 0.2) is 0 Å². The zero-order valence-corrected chi connectivity index (χ0v) is 18.1. The maximum absolute atomic E-state index is 12.5. The fourth-order valence-corrected chi connectivity index (χ4v) is 4.33. The third-order valence-electron chi connectivity index (χ3n) is 4.51. The van der Waals surface area contributed by atoms with Gasteiger partial charge in [-0.15, -0.1) is 10.2 Å². The summed E-state index contributed by atoms with van der Waals surface area (Å²) in [6.45, 7) is 0.601. The lowest BCUT2D eigenvalue weighted by atomic mass is 10.0. The number of carbonyl (C=O) groups excluding carboxylic acids is 1. The molecule has 150 valence electrons. The summed E-state index contributed by atoms with van der Waals surface area (Å²) >= 11 is 2.94. The summed E-state index contributed by atoms with van der Waals surface area (Å²) in [7, 11) is 1.81. The van der Waals surface area contributed by atoms with Gasteiger partial charge in [0, 0.05) is 24.7 Å². The Morgan fingerprint density at radius 1 is 0.933 bits per heavy atom. The van der Waals surface area contributed by atoms with Gasteiger partial charge in [-0.3, -0.25) is 4.79 Å². The highest BCUT2D eigenvalue weighted by atomic mass is 32.2. The Bertz CT molecular complexity index is 1100. The lowest BCUT2D eigenvalue weighted by Gasteiger charge is -2.16. The van der Waals surface area contributed by atoms with Crippen LogP contribution in [0, 0.1) is 0 Å². The SMILES string of the molecule is CN(Cc1ccsc1)C(=O)CSc1nnc(-c2ccccc2)c(-c2ccccc2)n1. The average molecular weight is 433 g/mol. The number of nitrogens with zero attached hydrogens (tertiary/aromatic N) is 4. The van der Waals surface area contributed by atoms with E-state index >= 15 is 0 Å². The molecule has 0 saturated carbocycles. The van der Waals surface area contributed by atoms with Gasteiger partial charge < -0.3 is 4.90 Å². The zero-order chi connectivity index (χ0) is 20.8. The second-order valence-electron chi connectivity index (χ2n) is 6.69. The first kappa shape index (κ1) is 20.3. The molecule has 1 amide bonds. The molecule has 0 aliphatic heterocycles. The Balaban J connectivity index is 1.54. The minimum atomic E-state index is 0.0307. The van der Waals surface area contributed by atoms with E-state index in [0.717, 1.165) is 28.1 Å². The van der Waals surface area contributed by atoms with Crippen LogP contribution >= 0.6 is 23.1 Å². The van der Waals surface area contributed by atoms with E-state index in [9.17, 15) is 4.79 Å². The lowest BCUT2D eigenvalue weighted by Crippen LogP contribution is -2.27. The summed E-state index contributed by atoms with van der Waals surface area (Å²) in [5.74, 6) is 0.296. The van der Waals surface area contributed by atoms with Crippen molar-refractivity contribution < 1.29 is 4.79 Å². The molecule has 5 nitrogen and oxygen atoms in total. The topological polar surface area (TPSA) is 59.0 Å². The molecule has 0 N–H and O–H groups in total. The van der Waals surface area contributed by atoms with Crippen LogP contribution in [0.4, 0.5) is 0 Å². The number of amides is 1. The van der Waals surface area contributed by atoms with E-state index in [-0.39, 0.29) is 11.7 Å². The van der Waals surface area contributed by atoms with E-state index in [2.05, 4.69) is 15.6 Å². The van der Waals surface area contributed by atoms with Gasteiger partial charge in [-0.25, -0.2) is 4.98 Å². The summed E-state index contributed by atoms with van der Waals surface area (Å²) in [6.07, 6.45) is 0. The quantitative estimate of drug-likeness (QED) is 0.384. The number of thiophene rings is 1. The fraction of sp³-hybridized carbons (Fsp3) is 0.130. The van der Waals surface area contributed by atoms with Gasteiger partial charge >= 0.3 is 0 Å². The lowest BCUT2D eigenvalue weighted by molar-refractivity contribution is -0.127. The third-order valence-corrected chi connectivity index (χ3v) is 6.07. The Morgan fingerprint density at radius 2 is 1.60 bits per heavy atom. The number of thioether (sulfide) groups is 1. The van der Waals surface area contributed by atoms with E-state index in [1.165, 1.54) is 11.8 Å². The number of hydrogen-bond donors (Lipinski definition) is 0. The second kappa shape index (κ2) is 9.65. The van der Waals surface area contributed by atoms with Crippen molar-refractivity contribution >= 4 is 29.0 Å². The van der Waals surface area contributed by atoms with Crippen LogP contribution in [0.1, 0.15) is 5.56 Å². The molecule has 0 unspecified atom stereocenters. The van der Waals surface area contributed by atoms with Crippen molar-refractivity contribution in [2.75, 3.05) is 12.8 Å². The molecule has 0 fully saturated rings. The summed E-state index contributed by atoms with van der Waals surface area (Å²) in [5.41, 5.74) is 4.55. The van der Waals surface area contributed by atoms with Gasteiger partial charge in [0.25, 0.3) is 0 Å². The monoisotopic (exact) mass is 432 g/mol. The van der Waals surface area contributed by atoms with Crippen molar-refractivity contribution in [1.29, 1.82) is 0 Å². The highest BCUT2D eigenvalue weighted by molar-refractivity contribution is 7.99. The summed E-state index contributed by atoms with van der Waals surface area (Å²) in [6, 6.07) is 21.9. The normalized spacial score (nSPS) is 10.7. The van der Waals surface area contributed by atoms with Crippen LogP contribution < -0.4 is 0 Å². The summed E-state index contributed by atoms with van der Waals surface area (Å²) < 4.78 is 0. The smallest absolute Gasteiger partial charge is 0.233 e. The van der Waals surface area contributed by atoms with Crippen molar-refractivity contribution in [3.63, 3.8) is 0 Å². The molecule has 2 aromatic heterocycles. The van der Waals surface area contributed by atoms with Crippen molar-refractivity contribution in [1.82, 2.24) is 20.1 Å². The third kappa shape index (κ3) is 4.93. The molecule has 4 aromatic rings. The second-order valence-corrected chi connectivity index (χ2v) is 8.42. The molecule has 7 heteroatoms. The van der Waals surface area contributed by atoms with Crippen LogP contribution in [0.3, 0.4) is 0 Å². The maximum atomic E-state index is 12.5. The maximum Gasteiger partial charge on any atom is 0.233 e. The minimum Gasteiger partial charge on any atom is -0.341 e. The highest BCUT2D eigenvalue weighted by Gasteiger charge is 2.16. The molecular formula is C23H20N4OS2. The van der Waals surface area contributed by atoms with Crippen LogP contribution in [-0.2, 0) is 11.3 Å². The van der Waals surface area contributed by atoms with Crippen molar-refractivity contribution in [2.24, 2.45) is 0 Å². The van der Waals surface area contributed by atoms with Crippen LogP contribution in [0.2, 0.25) is 0 Å². The largest absolute Gasteiger partial charge is 0.341 e. The predicted molar refractivity (Wildman–Crippen MR) is 122 cm³/mol. The minimum absolute atomic E-state index is 0.0307. The average Bonchev–Trinajstić information content (AvgIpc) is 3.31. The molecule has 0 aliphatic rings. The van der Waals surface area contributed by atoms with E-state index in [1.54, 1.807) is 16.2 Å². The van der Waals surface area contributed by atoms with Gasteiger partial charge in [-0.05, 0) is 22.4 Å². The fourth-order valence-electron chi connectivity index (χ4n) is 2.94. The van der Waals surface area contributed by atoms with Gasteiger partial charge in [0.2, 0.25) is 11.1 Å². The molecule has 2 aromatic carbocycles. The summed E-state index contributed by atoms with van der Waals surface area (Å²) in [5, 5.41) is 13.3. The van der Waals surface area contributed by atoms with Crippen LogP contribution in [0.25, 0.3) is 22.5 Å². The summed E-state index contributed by atoms with van der Waals surface area (Å²) in [4.78, 5) is 19.0. The number of carbonyl (C=O) groups is 1. The van der Waals surface area contributed by atoms with Crippen molar-refractivity contribution in [2.45, 2.75) is 11.7 Å². The van der Waals surface area contributed by atoms with Crippen molar-refractivity contribution in [3.8, 4) is 22.5 Å². The molecular weight excluding hydrogens is 412 g/mol. The Morgan fingerprint density at radius 3 is 2.23 bits per heavy atom. The Hall–Kier alpha value is -3.03. The molecule has 0 radical (unpaired) electrons. The van der Waals surface area contributed by atoms with Gasteiger partial charge in [0.1, 0.15) is 11.4 Å². The van der Waals surface area contributed by atoms with E-state index in [0.29, 0.717) is 11.7 Å². The van der Waals surface area contributed by atoms with Gasteiger partial charge in [0.05, 0.1) is 5.75 Å². The number of rotatable bonds is 7. The Kier molecular flexibility index (Phi) is 6.51. The molecule has 4 rings (SSSR count). The molecule has 0 saturated heterocycles. The van der Waals surface area contributed by atoms with Gasteiger partial charge in [-0.2, -0.15) is 11.3 Å². The van der Waals surface area contributed by atoms with E-state index in [4.69, 9.17) is 4.98 Å². The van der Waals surface area contributed by atoms with E-state index < -0.39 is 0 Å². The zero-order valence-electron chi connectivity index (χ0n) is 16.4. The molecule has 0 spiro atoms. The molecule has 0 aliphatic carbocycles. The van der Waals surface area contributed by atoms with Crippen LogP contribution in [-0.4, -0.2) is 38.8 Å². The number of benzene rings is 2. The molecule has 2 heterocycles. The van der Waals surface area contributed by atoms with E-state index in [1.807, 2.05) is 79.2 Å². The van der Waals surface area contributed by atoms with Crippen molar-refractivity contribution in [3.05, 3.63) is 83.1 Å². The first-order valence-electron chi connectivity index (χ1n) is 9.44. The molecule has 0 atom stereocenters. The Labute approximate surface area is 183 Å². The van der Waals surface area contributed by atoms with Crippen LogP contribution in [0.5, 0.6) is 0 Å².